The van der Waals surface area contributed by atoms with Gasteiger partial charge in [-0.2, -0.15) is 0 Å². The van der Waals surface area contributed by atoms with Crippen molar-refractivity contribution in [2.45, 2.75) is 6.92 Å². The van der Waals surface area contributed by atoms with Crippen molar-refractivity contribution in [3.8, 4) is 17.2 Å². The number of amides is 2. The normalized spacial score (nSPS) is 10.1. The first-order valence-corrected chi connectivity index (χ1v) is 8.65. The second-order valence-corrected chi connectivity index (χ2v) is 5.99. The largest absolute Gasteiger partial charge is 0.495 e. The summed E-state index contributed by atoms with van der Waals surface area (Å²) in [7, 11) is 1.51. The summed E-state index contributed by atoms with van der Waals surface area (Å²) in [5, 5.41) is 5.49. The summed E-state index contributed by atoms with van der Waals surface area (Å²) < 4.78 is 11.0. The molecule has 0 bridgehead atoms. The molecule has 0 aromatic heterocycles. The van der Waals surface area contributed by atoms with E-state index >= 15 is 0 Å². The number of rotatable bonds is 6. The van der Waals surface area contributed by atoms with E-state index in [-0.39, 0.29) is 11.8 Å². The summed E-state index contributed by atoms with van der Waals surface area (Å²) >= 11 is 0. The van der Waals surface area contributed by atoms with Crippen LogP contribution in [0.4, 0.5) is 11.4 Å². The monoisotopic (exact) mass is 376 g/mol. The molecule has 0 spiro atoms. The average Bonchev–Trinajstić information content (AvgIpc) is 2.69. The van der Waals surface area contributed by atoms with Crippen LogP contribution in [-0.4, -0.2) is 18.9 Å². The number of hydrogen-bond donors (Lipinski definition) is 2. The average molecular weight is 376 g/mol. The molecule has 3 rings (SSSR count). The van der Waals surface area contributed by atoms with E-state index in [2.05, 4.69) is 10.6 Å². The quantitative estimate of drug-likeness (QED) is 0.654. The Hall–Kier alpha value is -3.80. The number of carbonyl (C=O) groups is 2. The molecule has 0 heterocycles. The van der Waals surface area contributed by atoms with E-state index in [4.69, 9.17) is 9.47 Å². The highest BCUT2D eigenvalue weighted by atomic mass is 16.5. The third kappa shape index (κ3) is 4.88. The molecule has 0 aliphatic rings. The lowest BCUT2D eigenvalue weighted by molar-refractivity contribution is -0.114. The van der Waals surface area contributed by atoms with E-state index in [1.54, 1.807) is 42.5 Å². The Morgan fingerprint density at radius 2 is 1.57 bits per heavy atom. The molecule has 0 radical (unpaired) electrons. The van der Waals surface area contributed by atoms with Crippen molar-refractivity contribution in [3.63, 3.8) is 0 Å². The van der Waals surface area contributed by atoms with Crippen LogP contribution in [-0.2, 0) is 4.79 Å². The van der Waals surface area contributed by atoms with E-state index in [9.17, 15) is 9.59 Å². The lowest BCUT2D eigenvalue weighted by Crippen LogP contribution is -2.13. The number of carbonyl (C=O) groups excluding carboxylic acids is 2. The fourth-order valence-electron chi connectivity index (χ4n) is 2.60. The molecule has 2 amide bonds. The number of para-hydroxylation sites is 1. The first-order chi connectivity index (χ1) is 13.5. The van der Waals surface area contributed by atoms with Crippen LogP contribution < -0.4 is 20.1 Å². The summed E-state index contributed by atoms with van der Waals surface area (Å²) in [6, 6.07) is 21.3. The van der Waals surface area contributed by atoms with Gasteiger partial charge in [0.2, 0.25) is 5.91 Å². The van der Waals surface area contributed by atoms with Crippen LogP contribution >= 0.6 is 0 Å². The minimum atomic E-state index is -0.294. The molecule has 0 atom stereocenters. The maximum atomic E-state index is 12.6. The lowest BCUT2D eigenvalue weighted by Gasteiger charge is -2.12. The van der Waals surface area contributed by atoms with Gasteiger partial charge in [0.25, 0.3) is 5.91 Å². The fourth-order valence-corrected chi connectivity index (χ4v) is 2.60. The zero-order valence-corrected chi connectivity index (χ0v) is 15.6. The van der Waals surface area contributed by atoms with Gasteiger partial charge in [-0.05, 0) is 48.5 Å². The Balaban J connectivity index is 1.76. The Morgan fingerprint density at radius 1 is 0.821 bits per heavy atom. The Labute approximate surface area is 163 Å². The van der Waals surface area contributed by atoms with Gasteiger partial charge >= 0.3 is 0 Å². The lowest BCUT2D eigenvalue weighted by atomic mass is 10.2. The highest BCUT2D eigenvalue weighted by Crippen LogP contribution is 2.28. The van der Waals surface area contributed by atoms with Crippen molar-refractivity contribution in [1.29, 1.82) is 0 Å². The van der Waals surface area contributed by atoms with Crippen molar-refractivity contribution in [2.24, 2.45) is 0 Å². The number of nitrogens with one attached hydrogen (secondary N) is 2. The topological polar surface area (TPSA) is 76.7 Å². The molecule has 0 fully saturated rings. The van der Waals surface area contributed by atoms with Gasteiger partial charge in [0.05, 0.1) is 12.8 Å². The fraction of sp³-hybridized carbons (Fsp3) is 0.0909. The Kier molecular flexibility index (Phi) is 5.91. The molecular formula is C22H20N2O4. The zero-order chi connectivity index (χ0) is 19.9. The van der Waals surface area contributed by atoms with Crippen LogP contribution in [0.2, 0.25) is 0 Å². The number of benzene rings is 3. The molecule has 0 aliphatic carbocycles. The highest BCUT2D eigenvalue weighted by molar-refractivity contribution is 6.05. The zero-order valence-electron chi connectivity index (χ0n) is 15.6. The van der Waals surface area contributed by atoms with Crippen molar-refractivity contribution in [3.05, 3.63) is 78.4 Å². The van der Waals surface area contributed by atoms with Crippen molar-refractivity contribution < 1.29 is 19.1 Å². The molecule has 0 saturated carbocycles. The standard InChI is InChI=1S/C22H20N2O4/c1-15(25)23-20-14-17(11-12-21(20)27-2)24-22(26)16-7-6-10-19(13-16)28-18-8-4-3-5-9-18/h3-14H,1-2H3,(H,23,25)(H,24,26). The molecule has 28 heavy (non-hydrogen) atoms. The molecule has 2 N–H and O–H groups in total. The van der Waals surface area contributed by atoms with Crippen LogP contribution in [0.1, 0.15) is 17.3 Å². The first kappa shape index (κ1) is 19.0. The number of methoxy groups -OCH3 is 1. The van der Waals surface area contributed by atoms with Crippen molar-refractivity contribution >= 4 is 23.2 Å². The van der Waals surface area contributed by atoms with E-state index in [1.165, 1.54) is 14.0 Å². The second-order valence-electron chi connectivity index (χ2n) is 5.99. The third-order valence-corrected chi connectivity index (χ3v) is 3.84. The first-order valence-electron chi connectivity index (χ1n) is 8.65. The van der Waals surface area contributed by atoms with Crippen LogP contribution in [0.5, 0.6) is 17.2 Å². The van der Waals surface area contributed by atoms with Crippen molar-refractivity contribution in [1.82, 2.24) is 0 Å². The van der Waals surface area contributed by atoms with E-state index < -0.39 is 0 Å². The molecule has 6 nitrogen and oxygen atoms in total. The van der Waals surface area contributed by atoms with E-state index in [0.717, 1.165) is 0 Å². The van der Waals surface area contributed by atoms with Crippen LogP contribution in [0.15, 0.2) is 72.8 Å². The second kappa shape index (κ2) is 8.73. The maximum Gasteiger partial charge on any atom is 0.255 e. The predicted molar refractivity (Wildman–Crippen MR) is 108 cm³/mol. The van der Waals surface area contributed by atoms with Gasteiger partial charge in [0.15, 0.2) is 0 Å². The van der Waals surface area contributed by atoms with Gasteiger partial charge < -0.3 is 20.1 Å². The van der Waals surface area contributed by atoms with Crippen LogP contribution in [0.3, 0.4) is 0 Å². The SMILES string of the molecule is COc1ccc(NC(=O)c2cccc(Oc3ccccc3)c2)cc1NC(C)=O. The van der Waals surface area contributed by atoms with Crippen molar-refractivity contribution in [2.75, 3.05) is 17.7 Å². The number of ether oxygens (including phenoxy) is 2. The van der Waals surface area contributed by atoms with Crippen LogP contribution in [0.25, 0.3) is 0 Å². The molecule has 3 aromatic carbocycles. The molecule has 0 unspecified atom stereocenters. The highest BCUT2D eigenvalue weighted by Gasteiger charge is 2.11. The minimum absolute atomic E-state index is 0.229. The van der Waals surface area contributed by atoms with Gasteiger partial charge in [-0.25, -0.2) is 0 Å². The van der Waals surface area contributed by atoms with Gasteiger partial charge in [-0.15, -0.1) is 0 Å². The Bertz CT molecular complexity index is 987. The minimum Gasteiger partial charge on any atom is -0.495 e. The molecule has 142 valence electrons. The molecule has 0 aliphatic heterocycles. The molecular weight excluding hydrogens is 356 g/mol. The summed E-state index contributed by atoms with van der Waals surface area (Å²) in [5.74, 6) is 1.24. The molecule has 0 saturated heterocycles. The van der Waals surface area contributed by atoms with E-state index in [1.807, 2.05) is 30.3 Å². The summed E-state index contributed by atoms with van der Waals surface area (Å²) in [5.41, 5.74) is 1.46. The molecule has 6 heteroatoms. The van der Waals surface area contributed by atoms with Gasteiger partial charge in [0.1, 0.15) is 17.2 Å². The van der Waals surface area contributed by atoms with Gasteiger partial charge in [-0.3, -0.25) is 9.59 Å². The number of anilines is 2. The number of hydrogen-bond acceptors (Lipinski definition) is 4. The van der Waals surface area contributed by atoms with E-state index in [0.29, 0.717) is 34.2 Å². The predicted octanol–water partition coefficient (Wildman–Crippen LogP) is 4.70. The summed E-state index contributed by atoms with van der Waals surface area (Å²) in [6.45, 7) is 1.41. The third-order valence-electron chi connectivity index (χ3n) is 3.84. The van der Waals surface area contributed by atoms with Gasteiger partial charge in [0, 0.05) is 18.2 Å². The Morgan fingerprint density at radius 3 is 2.29 bits per heavy atom. The summed E-state index contributed by atoms with van der Waals surface area (Å²) in [6.07, 6.45) is 0. The molecule has 3 aromatic rings. The summed E-state index contributed by atoms with van der Waals surface area (Å²) in [4.78, 5) is 24.0. The smallest absolute Gasteiger partial charge is 0.255 e. The van der Waals surface area contributed by atoms with Crippen LogP contribution in [0, 0.1) is 0 Å². The van der Waals surface area contributed by atoms with Gasteiger partial charge in [-0.1, -0.05) is 24.3 Å². The maximum absolute atomic E-state index is 12.6.